The number of hydrogen-bond acceptors (Lipinski definition) is 5. The molecule has 0 saturated heterocycles. The summed E-state index contributed by atoms with van der Waals surface area (Å²) in [6, 6.07) is 6.54. The first-order valence-corrected chi connectivity index (χ1v) is 9.22. The van der Waals surface area contributed by atoms with Crippen molar-refractivity contribution in [2.45, 2.75) is 25.3 Å². The van der Waals surface area contributed by atoms with Crippen molar-refractivity contribution in [1.29, 1.82) is 0 Å². The van der Waals surface area contributed by atoms with Crippen LogP contribution in [0.25, 0.3) is 4.96 Å². The summed E-state index contributed by atoms with van der Waals surface area (Å²) in [6.45, 7) is 3.61. The molecule has 0 fully saturated rings. The molecule has 0 atom stereocenters. The van der Waals surface area contributed by atoms with Gasteiger partial charge >= 0.3 is 0 Å². The summed E-state index contributed by atoms with van der Waals surface area (Å²) in [4.78, 5) is 4.85. The Morgan fingerprint density at radius 1 is 1.41 bits per heavy atom. The molecular formula is C13H13ClN4O2S2. The van der Waals surface area contributed by atoms with E-state index in [-0.39, 0.29) is 5.03 Å². The maximum Gasteiger partial charge on any atom is 0.281 e. The summed E-state index contributed by atoms with van der Waals surface area (Å²) in [5, 5.41) is 5.65. The third-order valence-corrected chi connectivity index (χ3v) is 5.77. The first-order chi connectivity index (χ1) is 10.4. The van der Waals surface area contributed by atoms with Crippen molar-refractivity contribution < 1.29 is 8.42 Å². The molecule has 0 spiro atoms. The van der Waals surface area contributed by atoms with Crippen LogP contribution in [0.2, 0.25) is 5.02 Å². The molecule has 2 heterocycles. The smallest absolute Gasteiger partial charge is 0.278 e. The molecule has 1 N–H and O–H groups in total. The minimum atomic E-state index is -3.80. The van der Waals surface area contributed by atoms with Crippen LogP contribution in [0.1, 0.15) is 17.6 Å². The lowest BCUT2D eigenvalue weighted by Crippen LogP contribution is -2.16. The van der Waals surface area contributed by atoms with Gasteiger partial charge in [-0.05, 0) is 31.5 Å². The van der Waals surface area contributed by atoms with E-state index in [0.29, 0.717) is 21.4 Å². The van der Waals surface area contributed by atoms with Crippen molar-refractivity contribution in [3.8, 4) is 0 Å². The fourth-order valence-corrected chi connectivity index (χ4v) is 4.53. The summed E-state index contributed by atoms with van der Waals surface area (Å²) in [6.07, 6.45) is 0.730. The standard InChI is InChI=1S/C13H13ClN4O2S2/c1-3-11-16-18-12(8(2)15-13(18)21-11)22(19,20)17-10-6-4-5-9(14)7-10/h4-7,17H,3H2,1-2H3. The molecule has 0 saturated carbocycles. The summed E-state index contributed by atoms with van der Waals surface area (Å²) in [5.74, 6) is 0. The van der Waals surface area contributed by atoms with E-state index in [9.17, 15) is 8.42 Å². The highest BCUT2D eigenvalue weighted by Crippen LogP contribution is 2.25. The molecule has 0 radical (unpaired) electrons. The van der Waals surface area contributed by atoms with E-state index in [1.165, 1.54) is 15.9 Å². The molecule has 0 aliphatic heterocycles. The van der Waals surface area contributed by atoms with E-state index in [2.05, 4.69) is 14.8 Å². The zero-order chi connectivity index (χ0) is 15.9. The van der Waals surface area contributed by atoms with Crippen molar-refractivity contribution in [2.75, 3.05) is 4.72 Å². The number of hydrogen-bond donors (Lipinski definition) is 1. The Morgan fingerprint density at radius 3 is 2.86 bits per heavy atom. The Kier molecular flexibility index (Phi) is 3.84. The number of sulfonamides is 1. The third kappa shape index (κ3) is 2.69. The summed E-state index contributed by atoms with van der Waals surface area (Å²) < 4.78 is 29.2. The Balaban J connectivity index is 2.08. The molecule has 0 amide bonds. The second-order valence-electron chi connectivity index (χ2n) is 4.66. The maximum absolute atomic E-state index is 12.7. The van der Waals surface area contributed by atoms with Crippen LogP contribution in [0.5, 0.6) is 0 Å². The highest BCUT2D eigenvalue weighted by Gasteiger charge is 2.25. The summed E-state index contributed by atoms with van der Waals surface area (Å²) in [5.41, 5.74) is 0.809. The van der Waals surface area contributed by atoms with Crippen LogP contribution >= 0.6 is 22.9 Å². The van der Waals surface area contributed by atoms with Gasteiger partial charge in [0.25, 0.3) is 10.0 Å². The van der Waals surface area contributed by atoms with Gasteiger partial charge in [-0.2, -0.15) is 18.0 Å². The predicted molar refractivity (Wildman–Crippen MR) is 87.2 cm³/mol. The van der Waals surface area contributed by atoms with Gasteiger partial charge in [0.2, 0.25) is 9.99 Å². The molecular weight excluding hydrogens is 344 g/mol. The molecule has 0 aliphatic carbocycles. The summed E-state index contributed by atoms with van der Waals surface area (Å²) >= 11 is 7.27. The number of anilines is 1. The van der Waals surface area contributed by atoms with Crippen LogP contribution < -0.4 is 4.72 Å². The van der Waals surface area contributed by atoms with Gasteiger partial charge in [0, 0.05) is 5.02 Å². The lowest BCUT2D eigenvalue weighted by molar-refractivity contribution is 0.592. The van der Waals surface area contributed by atoms with Gasteiger partial charge in [0.15, 0.2) is 0 Å². The van der Waals surface area contributed by atoms with Crippen molar-refractivity contribution in [2.24, 2.45) is 0 Å². The molecule has 0 aliphatic rings. The number of imidazole rings is 1. The zero-order valence-corrected chi connectivity index (χ0v) is 14.3. The van der Waals surface area contributed by atoms with E-state index in [1.54, 1.807) is 31.2 Å². The fraction of sp³-hybridized carbons (Fsp3) is 0.231. The Hall–Kier alpha value is -1.64. The second-order valence-corrected chi connectivity index (χ2v) is 7.74. The number of halogens is 1. The lowest BCUT2D eigenvalue weighted by Gasteiger charge is -2.07. The minimum Gasteiger partial charge on any atom is -0.278 e. The van der Waals surface area contributed by atoms with E-state index >= 15 is 0 Å². The minimum absolute atomic E-state index is 0.0541. The predicted octanol–water partition coefficient (Wildman–Crippen LogP) is 3.12. The van der Waals surface area contributed by atoms with Gasteiger partial charge in [-0.15, -0.1) is 0 Å². The quantitative estimate of drug-likeness (QED) is 0.779. The summed E-state index contributed by atoms with van der Waals surface area (Å²) in [7, 11) is -3.80. The average Bonchev–Trinajstić information content (AvgIpc) is 2.93. The Bertz CT molecular complexity index is 946. The fourth-order valence-electron chi connectivity index (χ4n) is 2.08. The van der Waals surface area contributed by atoms with Gasteiger partial charge < -0.3 is 0 Å². The van der Waals surface area contributed by atoms with E-state index < -0.39 is 10.0 Å². The number of aromatic nitrogens is 3. The van der Waals surface area contributed by atoms with E-state index in [0.717, 1.165) is 11.4 Å². The monoisotopic (exact) mass is 356 g/mol. The number of rotatable bonds is 4. The van der Waals surface area contributed by atoms with Gasteiger partial charge in [-0.25, -0.2) is 4.98 Å². The van der Waals surface area contributed by atoms with Crippen molar-refractivity contribution in [3.05, 3.63) is 40.0 Å². The van der Waals surface area contributed by atoms with Crippen molar-refractivity contribution >= 4 is 43.6 Å². The number of nitrogens with one attached hydrogen (secondary N) is 1. The zero-order valence-electron chi connectivity index (χ0n) is 11.9. The third-order valence-electron chi connectivity index (χ3n) is 3.00. The van der Waals surface area contributed by atoms with Crippen LogP contribution in [0.4, 0.5) is 5.69 Å². The van der Waals surface area contributed by atoms with Crippen LogP contribution in [0.3, 0.4) is 0 Å². The van der Waals surface area contributed by atoms with Crippen LogP contribution in [0.15, 0.2) is 29.3 Å². The number of benzene rings is 1. The normalized spacial score (nSPS) is 12.0. The highest BCUT2D eigenvalue weighted by atomic mass is 35.5. The Labute approximate surface area is 136 Å². The molecule has 116 valence electrons. The van der Waals surface area contributed by atoms with E-state index in [4.69, 9.17) is 11.6 Å². The molecule has 1 aromatic carbocycles. The van der Waals surface area contributed by atoms with Crippen molar-refractivity contribution in [1.82, 2.24) is 14.6 Å². The van der Waals surface area contributed by atoms with Crippen LogP contribution in [-0.4, -0.2) is 23.0 Å². The molecule has 0 unspecified atom stereocenters. The SMILES string of the molecule is CCc1nn2c(S(=O)(=O)Nc3cccc(Cl)c3)c(C)nc2s1. The molecule has 9 heteroatoms. The first-order valence-electron chi connectivity index (χ1n) is 6.54. The number of nitrogens with zero attached hydrogens (tertiary/aromatic N) is 3. The number of aryl methyl sites for hydroxylation is 2. The van der Waals surface area contributed by atoms with Crippen LogP contribution in [-0.2, 0) is 16.4 Å². The molecule has 6 nitrogen and oxygen atoms in total. The van der Waals surface area contributed by atoms with Gasteiger partial charge in [0.05, 0.1) is 11.4 Å². The highest BCUT2D eigenvalue weighted by molar-refractivity contribution is 7.92. The number of fused-ring (bicyclic) bond motifs is 1. The molecule has 0 bridgehead atoms. The maximum atomic E-state index is 12.7. The average molecular weight is 357 g/mol. The van der Waals surface area contributed by atoms with Crippen molar-refractivity contribution in [3.63, 3.8) is 0 Å². The second kappa shape index (κ2) is 5.53. The first kappa shape index (κ1) is 15.3. The molecule has 22 heavy (non-hydrogen) atoms. The van der Waals surface area contributed by atoms with Crippen LogP contribution in [0, 0.1) is 6.92 Å². The lowest BCUT2D eigenvalue weighted by atomic mass is 10.3. The van der Waals surface area contributed by atoms with Gasteiger partial charge in [-0.1, -0.05) is 35.9 Å². The topological polar surface area (TPSA) is 76.4 Å². The van der Waals surface area contributed by atoms with Gasteiger partial charge in [0.1, 0.15) is 5.01 Å². The van der Waals surface area contributed by atoms with Gasteiger partial charge in [-0.3, -0.25) is 4.72 Å². The molecule has 3 aromatic rings. The Morgan fingerprint density at radius 2 is 2.18 bits per heavy atom. The molecule has 2 aromatic heterocycles. The molecule has 3 rings (SSSR count). The largest absolute Gasteiger partial charge is 0.281 e. The van der Waals surface area contributed by atoms with E-state index in [1.807, 2.05) is 6.92 Å².